The molecule has 0 spiro atoms. The zero-order valence-electron chi connectivity index (χ0n) is 17.9. The molecule has 1 amide bonds. The maximum atomic E-state index is 13.2. The van der Waals surface area contributed by atoms with E-state index in [1.54, 1.807) is 7.11 Å². The van der Waals surface area contributed by atoms with Crippen LogP contribution < -0.4 is 4.74 Å². The molecule has 0 radical (unpaired) electrons. The summed E-state index contributed by atoms with van der Waals surface area (Å²) in [6.45, 7) is 3.51. The van der Waals surface area contributed by atoms with Crippen LogP contribution in [-0.2, 0) is 4.79 Å². The number of ether oxygens (including phenoxy) is 1. The van der Waals surface area contributed by atoms with Crippen molar-refractivity contribution in [3.05, 3.63) is 72.2 Å². The van der Waals surface area contributed by atoms with Gasteiger partial charge in [-0.1, -0.05) is 30.3 Å². The fraction of sp³-hybridized carbons (Fsp3) is 0.320. The predicted molar refractivity (Wildman–Crippen MR) is 120 cm³/mol. The van der Waals surface area contributed by atoms with Gasteiger partial charge in [0.25, 0.3) is 0 Å². The quantitative estimate of drug-likeness (QED) is 0.497. The maximum Gasteiger partial charge on any atom is 0.229 e. The molecule has 3 heterocycles. The van der Waals surface area contributed by atoms with Gasteiger partial charge in [-0.15, -0.1) is 10.2 Å². The van der Waals surface area contributed by atoms with E-state index in [4.69, 9.17) is 4.74 Å². The van der Waals surface area contributed by atoms with Crippen LogP contribution in [-0.4, -0.2) is 45.6 Å². The van der Waals surface area contributed by atoms with Crippen LogP contribution in [0.4, 0.5) is 0 Å². The van der Waals surface area contributed by atoms with Crippen LogP contribution in [0.3, 0.4) is 0 Å². The number of hydrogen-bond donors (Lipinski definition) is 0. The topological polar surface area (TPSA) is 59.7 Å². The van der Waals surface area contributed by atoms with Gasteiger partial charge in [0, 0.05) is 25.2 Å². The summed E-state index contributed by atoms with van der Waals surface area (Å²) in [6, 6.07) is 18.2. The van der Waals surface area contributed by atoms with Crippen LogP contribution in [0.15, 0.2) is 60.8 Å². The molecule has 2 aromatic heterocycles. The normalized spacial score (nSPS) is 16.0. The van der Waals surface area contributed by atoms with E-state index in [0.717, 1.165) is 59.5 Å². The van der Waals surface area contributed by atoms with Crippen LogP contribution in [0.1, 0.15) is 43.0 Å². The van der Waals surface area contributed by atoms with E-state index in [1.165, 1.54) is 0 Å². The first-order valence-electron chi connectivity index (χ1n) is 10.8. The highest BCUT2D eigenvalue weighted by atomic mass is 16.5. The lowest BCUT2D eigenvalue weighted by atomic mass is 9.92. The standard InChI is InChI=1S/C25H26N4O2/c1-17(19-6-7-21-16-22(31-2)9-8-20(21)15-19)25(30)28-13-10-18(11-14-28)24-27-26-23-5-3-4-12-29(23)24/h3-9,12,15-18H,10-11,13-14H2,1-2H3/t17-/m0/s1. The van der Waals surface area contributed by atoms with Crippen molar-refractivity contribution >= 4 is 22.3 Å². The fourth-order valence-corrected chi connectivity index (χ4v) is 4.55. The Morgan fingerprint density at radius 3 is 2.61 bits per heavy atom. The molecule has 1 saturated heterocycles. The molecule has 1 atom stereocenters. The highest BCUT2D eigenvalue weighted by Crippen LogP contribution is 2.30. The van der Waals surface area contributed by atoms with Crippen molar-refractivity contribution in [1.82, 2.24) is 19.5 Å². The molecule has 31 heavy (non-hydrogen) atoms. The molecule has 1 aliphatic heterocycles. The van der Waals surface area contributed by atoms with E-state index in [9.17, 15) is 4.79 Å². The molecule has 1 aliphatic rings. The Hall–Kier alpha value is -3.41. The van der Waals surface area contributed by atoms with Gasteiger partial charge >= 0.3 is 0 Å². The van der Waals surface area contributed by atoms with Gasteiger partial charge in [-0.2, -0.15) is 0 Å². The van der Waals surface area contributed by atoms with Crippen LogP contribution in [0, 0.1) is 0 Å². The highest BCUT2D eigenvalue weighted by Gasteiger charge is 2.29. The van der Waals surface area contributed by atoms with Crippen molar-refractivity contribution in [3.8, 4) is 5.75 Å². The van der Waals surface area contributed by atoms with Crippen molar-refractivity contribution in [1.29, 1.82) is 0 Å². The van der Waals surface area contributed by atoms with Crippen LogP contribution >= 0.6 is 0 Å². The summed E-state index contributed by atoms with van der Waals surface area (Å²) in [5.74, 6) is 2.19. The molecule has 158 valence electrons. The summed E-state index contributed by atoms with van der Waals surface area (Å²) >= 11 is 0. The first kappa shape index (κ1) is 19.5. The summed E-state index contributed by atoms with van der Waals surface area (Å²) in [4.78, 5) is 15.2. The van der Waals surface area contributed by atoms with Gasteiger partial charge in [0.1, 0.15) is 11.6 Å². The molecular weight excluding hydrogens is 388 g/mol. The first-order chi connectivity index (χ1) is 15.1. The van der Waals surface area contributed by atoms with Crippen LogP contribution in [0.25, 0.3) is 16.4 Å². The molecule has 6 heteroatoms. The van der Waals surface area contributed by atoms with Crippen molar-refractivity contribution < 1.29 is 9.53 Å². The summed E-state index contributed by atoms with van der Waals surface area (Å²) in [7, 11) is 1.67. The molecule has 2 aromatic carbocycles. The number of methoxy groups -OCH3 is 1. The number of hydrogen-bond acceptors (Lipinski definition) is 4. The molecular formula is C25H26N4O2. The lowest BCUT2D eigenvalue weighted by Crippen LogP contribution is -2.40. The van der Waals surface area contributed by atoms with Gasteiger partial charge in [0.05, 0.1) is 13.0 Å². The minimum atomic E-state index is -0.169. The van der Waals surface area contributed by atoms with E-state index in [-0.39, 0.29) is 11.8 Å². The third-order valence-electron chi connectivity index (χ3n) is 6.45. The zero-order valence-corrected chi connectivity index (χ0v) is 17.9. The second kappa shape index (κ2) is 8.02. The Balaban J connectivity index is 1.28. The largest absolute Gasteiger partial charge is 0.497 e. The number of piperidine rings is 1. The van der Waals surface area contributed by atoms with E-state index < -0.39 is 0 Å². The lowest BCUT2D eigenvalue weighted by molar-refractivity contribution is -0.133. The smallest absolute Gasteiger partial charge is 0.229 e. The van der Waals surface area contributed by atoms with Gasteiger partial charge in [-0.25, -0.2) is 0 Å². The summed E-state index contributed by atoms with van der Waals surface area (Å²) in [5.41, 5.74) is 1.92. The SMILES string of the molecule is COc1ccc2cc([C@H](C)C(=O)N3CCC(c4nnc5ccccn45)CC3)ccc2c1. The number of rotatable bonds is 4. The van der Waals surface area contributed by atoms with Crippen molar-refractivity contribution in [3.63, 3.8) is 0 Å². The molecule has 0 unspecified atom stereocenters. The molecule has 0 saturated carbocycles. The van der Waals surface area contributed by atoms with Gasteiger partial charge in [-0.3, -0.25) is 9.20 Å². The van der Waals surface area contributed by atoms with Crippen molar-refractivity contribution in [2.75, 3.05) is 20.2 Å². The van der Waals surface area contributed by atoms with Crippen LogP contribution in [0.2, 0.25) is 0 Å². The Kier molecular flexibility index (Phi) is 5.06. The average Bonchev–Trinajstić information content (AvgIpc) is 3.26. The molecule has 6 nitrogen and oxygen atoms in total. The Labute approximate surface area is 181 Å². The minimum absolute atomic E-state index is 0.169. The monoisotopic (exact) mass is 414 g/mol. The number of likely N-dealkylation sites (tertiary alicyclic amines) is 1. The van der Waals surface area contributed by atoms with Crippen LogP contribution in [0.5, 0.6) is 5.75 Å². The third kappa shape index (κ3) is 3.63. The summed E-state index contributed by atoms with van der Waals surface area (Å²) in [6.07, 6.45) is 3.83. The number of pyridine rings is 1. The Morgan fingerprint density at radius 1 is 1.03 bits per heavy atom. The molecule has 5 rings (SSSR count). The first-order valence-corrected chi connectivity index (χ1v) is 10.8. The maximum absolute atomic E-state index is 13.2. The highest BCUT2D eigenvalue weighted by molar-refractivity contribution is 5.88. The van der Waals surface area contributed by atoms with Crippen molar-refractivity contribution in [2.24, 2.45) is 0 Å². The molecule has 0 bridgehead atoms. The predicted octanol–water partition coefficient (Wildman–Crippen LogP) is 4.40. The second-order valence-electron chi connectivity index (χ2n) is 8.28. The number of nitrogens with zero attached hydrogens (tertiary/aromatic N) is 4. The van der Waals surface area contributed by atoms with E-state index in [2.05, 4.69) is 32.8 Å². The van der Waals surface area contributed by atoms with E-state index >= 15 is 0 Å². The Bertz CT molecular complexity index is 1240. The summed E-state index contributed by atoms with van der Waals surface area (Å²) < 4.78 is 7.37. The number of aromatic nitrogens is 3. The fourth-order valence-electron chi connectivity index (χ4n) is 4.55. The Morgan fingerprint density at radius 2 is 1.81 bits per heavy atom. The van der Waals surface area contributed by atoms with Gasteiger partial charge in [-0.05, 0) is 60.4 Å². The van der Waals surface area contributed by atoms with Gasteiger partial charge in [0.15, 0.2) is 5.65 Å². The van der Waals surface area contributed by atoms with Crippen molar-refractivity contribution in [2.45, 2.75) is 31.6 Å². The summed E-state index contributed by atoms with van der Waals surface area (Å²) in [5, 5.41) is 10.9. The lowest BCUT2D eigenvalue weighted by Gasteiger charge is -2.33. The number of benzene rings is 2. The molecule has 0 aliphatic carbocycles. The number of amides is 1. The molecule has 4 aromatic rings. The second-order valence-corrected chi connectivity index (χ2v) is 8.28. The van der Waals surface area contributed by atoms with E-state index in [1.807, 2.05) is 54.4 Å². The number of carbonyl (C=O) groups is 1. The number of fused-ring (bicyclic) bond motifs is 2. The number of carbonyl (C=O) groups excluding carboxylic acids is 1. The third-order valence-corrected chi connectivity index (χ3v) is 6.45. The van der Waals surface area contributed by atoms with Gasteiger partial charge in [0.2, 0.25) is 5.91 Å². The molecule has 1 fully saturated rings. The van der Waals surface area contributed by atoms with Gasteiger partial charge < -0.3 is 9.64 Å². The van der Waals surface area contributed by atoms with E-state index in [0.29, 0.717) is 5.92 Å². The molecule has 0 N–H and O–H groups in total. The minimum Gasteiger partial charge on any atom is -0.497 e. The average molecular weight is 415 g/mol. The zero-order chi connectivity index (χ0) is 21.4.